The summed E-state index contributed by atoms with van der Waals surface area (Å²) >= 11 is 3.51. The summed E-state index contributed by atoms with van der Waals surface area (Å²) in [4.78, 5) is 29.8. The minimum Gasteiger partial charge on any atom is -0.367 e. The topological polar surface area (TPSA) is 58.6 Å². The maximum absolute atomic E-state index is 12.5. The Morgan fingerprint density at radius 2 is 1.88 bits per heavy atom. The van der Waals surface area contributed by atoms with E-state index in [0.29, 0.717) is 25.9 Å². The molecule has 0 bridgehead atoms. The largest absolute Gasteiger partial charge is 0.367 e. The van der Waals surface area contributed by atoms with Crippen LogP contribution in [0.3, 0.4) is 0 Å². The number of carbonyl (C=O) groups is 2. The maximum atomic E-state index is 12.5. The molecule has 1 saturated heterocycles. The van der Waals surface area contributed by atoms with Crippen molar-refractivity contribution in [3.8, 4) is 0 Å². The van der Waals surface area contributed by atoms with E-state index in [2.05, 4.69) is 21.2 Å². The zero-order valence-electron chi connectivity index (χ0n) is 14.7. The smallest absolute Gasteiger partial charge is 0.330 e. The van der Waals surface area contributed by atoms with Gasteiger partial charge in [-0.2, -0.15) is 0 Å². The zero-order chi connectivity index (χ0) is 17.9. The Morgan fingerprint density at radius 3 is 2.46 bits per heavy atom. The van der Waals surface area contributed by atoms with Gasteiger partial charge in [0.1, 0.15) is 0 Å². The highest BCUT2D eigenvalue weighted by Crippen LogP contribution is 2.28. The number of hydrogen-bond acceptors (Lipinski definition) is 4. The van der Waals surface area contributed by atoms with E-state index in [1.807, 2.05) is 45.9 Å². The minimum absolute atomic E-state index is 0.0168. The number of carbonyl (C=O) groups excluding carboxylic acids is 2. The Labute approximate surface area is 151 Å². The summed E-state index contributed by atoms with van der Waals surface area (Å²) in [6.07, 6.45) is 1.35. The molecule has 1 aliphatic rings. The third-order valence-corrected chi connectivity index (χ3v) is 5.15. The zero-order valence-corrected chi connectivity index (χ0v) is 16.3. The summed E-state index contributed by atoms with van der Waals surface area (Å²) in [5, 5.41) is 4.66. The van der Waals surface area contributed by atoms with Crippen molar-refractivity contribution in [1.29, 1.82) is 0 Å². The van der Waals surface area contributed by atoms with Crippen molar-refractivity contribution in [2.45, 2.75) is 40.5 Å². The van der Waals surface area contributed by atoms with Crippen LogP contribution in [0.2, 0.25) is 0 Å². The number of rotatable bonds is 3. The Kier molecular flexibility index (Phi) is 6.04. The number of aryl methyl sites for hydroxylation is 1. The average molecular weight is 397 g/mol. The van der Waals surface area contributed by atoms with Crippen LogP contribution in [0.25, 0.3) is 0 Å². The highest BCUT2D eigenvalue weighted by molar-refractivity contribution is 9.10. The van der Waals surface area contributed by atoms with Crippen molar-refractivity contribution in [3.63, 3.8) is 0 Å². The lowest BCUT2D eigenvalue weighted by Crippen LogP contribution is -2.41. The standard InChI is InChI=1S/C18H25BrN2O3/c1-12-6-5-7-14(15(12)19)20-16(22)13-8-10-21(11-9-13)24-17(23)18(2,3)4/h5-7,13H,8-11H2,1-4H3,(H,20,22). The first-order chi connectivity index (χ1) is 11.2. The Morgan fingerprint density at radius 1 is 1.25 bits per heavy atom. The molecule has 0 radical (unpaired) electrons. The molecule has 1 aliphatic heterocycles. The quantitative estimate of drug-likeness (QED) is 0.840. The number of hydrogen-bond donors (Lipinski definition) is 1. The predicted molar refractivity (Wildman–Crippen MR) is 97.4 cm³/mol. The molecule has 0 aromatic heterocycles. The molecule has 1 aromatic carbocycles. The number of amides is 1. The van der Waals surface area contributed by atoms with Gasteiger partial charge < -0.3 is 10.2 Å². The SMILES string of the molecule is Cc1cccc(NC(=O)C2CCN(OC(=O)C(C)(C)C)CC2)c1Br. The molecule has 6 heteroatoms. The summed E-state index contributed by atoms with van der Waals surface area (Å²) in [5.41, 5.74) is 1.35. The molecule has 2 rings (SSSR count). The Bertz CT molecular complexity index is 617. The van der Waals surface area contributed by atoms with E-state index in [1.54, 1.807) is 5.06 Å². The van der Waals surface area contributed by atoms with Gasteiger partial charge in [0.15, 0.2) is 0 Å². The lowest BCUT2D eigenvalue weighted by atomic mass is 9.96. The maximum Gasteiger partial charge on any atom is 0.330 e. The number of benzene rings is 1. The minimum atomic E-state index is -0.522. The van der Waals surface area contributed by atoms with E-state index in [-0.39, 0.29) is 17.8 Å². The monoisotopic (exact) mass is 396 g/mol. The first-order valence-electron chi connectivity index (χ1n) is 8.22. The Balaban J connectivity index is 1.87. The third-order valence-electron chi connectivity index (χ3n) is 4.10. The van der Waals surface area contributed by atoms with Crippen molar-refractivity contribution in [1.82, 2.24) is 5.06 Å². The molecule has 1 amide bonds. The number of nitrogens with one attached hydrogen (secondary N) is 1. The van der Waals surface area contributed by atoms with Gasteiger partial charge in [-0.25, -0.2) is 4.79 Å². The molecule has 132 valence electrons. The van der Waals surface area contributed by atoms with E-state index in [9.17, 15) is 9.59 Å². The fourth-order valence-electron chi connectivity index (χ4n) is 2.44. The molecule has 1 N–H and O–H groups in total. The van der Waals surface area contributed by atoms with E-state index in [4.69, 9.17) is 4.84 Å². The molecule has 0 unspecified atom stereocenters. The molecule has 0 spiro atoms. The number of hydroxylamine groups is 2. The second-order valence-electron chi connectivity index (χ2n) is 7.26. The molecule has 0 saturated carbocycles. The molecule has 1 heterocycles. The lowest BCUT2D eigenvalue weighted by molar-refractivity contribution is -0.205. The highest BCUT2D eigenvalue weighted by Gasteiger charge is 2.30. The number of nitrogens with zero attached hydrogens (tertiary/aromatic N) is 1. The molecule has 1 fully saturated rings. The summed E-state index contributed by atoms with van der Waals surface area (Å²) in [6, 6.07) is 5.79. The fraction of sp³-hybridized carbons (Fsp3) is 0.556. The van der Waals surface area contributed by atoms with Crippen LogP contribution in [0.1, 0.15) is 39.2 Å². The van der Waals surface area contributed by atoms with Crippen LogP contribution in [0.5, 0.6) is 0 Å². The molecule has 0 aliphatic carbocycles. The number of anilines is 1. The van der Waals surface area contributed by atoms with E-state index < -0.39 is 5.41 Å². The van der Waals surface area contributed by atoms with Crippen LogP contribution < -0.4 is 5.32 Å². The predicted octanol–water partition coefficient (Wildman–Crippen LogP) is 3.91. The van der Waals surface area contributed by atoms with Crippen molar-refractivity contribution in [2.24, 2.45) is 11.3 Å². The van der Waals surface area contributed by atoms with Crippen LogP contribution in [0.4, 0.5) is 5.69 Å². The summed E-state index contributed by atoms with van der Waals surface area (Å²) in [5.74, 6) is -0.292. The van der Waals surface area contributed by atoms with Crippen LogP contribution in [0.15, 0.2) is 22.7 Å². The second-order valence-corrected chi connectivity index (χ2v) is 8.05. The normalized spacial score (nSPS) is 16.7. The van der Waals surface area contributed by atoms with Gasteiger partial charge in [-0.05, 0) is 68.1 Å². The number of halogens is 1. The van der Waals surface area contributed by atoms with Gasteiger partial charge >= 0.3 is 5.97 Å². The molecular formula is C18H25BrN2O3. The van der Waals surface area contributed by atoms with Gasteiger partial charge in [0, 0.05) is 23.5 Å². The summed E-state index contributed by atoms with van der Waals surface area (Å²) < 4.78 is 0.912. The first kappa shape index (κ1) is 18.9. The number of piperidine rings is 1. The van der Waals surface area contributed by atoms with Crippen LogP contribution in [0, 0.1) is 18.3 Å². The molecule has 24 heavy (non-hydrogen) atoms. The van der Waals surface area contributed by atoms with E-state index in [1.165, 1.54) is 0 Å². The van der Waals surface area contributed by atoms with Crippen molar-refractivity contribution < 1.29 is 14.4 Å². The van der Waals surface area contributed by atoms with Crippen LogP contribution in [-0.2, 0) is 14.4 Å². The second kappa shape index (κ2) is 7.66. The Hall–Kier alpha value is -1.40. The van der Waals surface area contributed by atoms with Crippen molar-refractivity contribution >= 4 is 33.5 Å². The lowest BCUT2D eigenvalue weighted by Gasteiger charge is -2.31. The van der Waals surface area contributed by atoms with Gasteiger partial charge in [-0.3, -0.25) is 4.79 Å². The van der Waals surface area contributed by atoms with Crippen LogP contribution in [-0.4, -0.2) is 30.0 Å². The van der Waals surface area contributed by atoms with Gasteiger partial charge in [-0.1, -0.05) is 12.1 Å². The third kappa shape index (κ3) is 4.80. The van der Waals surface area contributed by atoms with E-state index >= 15 is 0 Å². The van der Waals surface area contributed by atoms with E-state index in [0.717, 1.165) is 15.7 Å². The molecule has 5 nitrogen and oxygen atoms in total. The fourth-order valence-corrected chi connectivity index (χ4v) is 2.81. The summed E-state index contributed by atoms with van der Waals surface area (Å²) in [7, 11) is 0. The van der Waals surface area contributed by atoms with Crippen molar-refractivity contribution in [3.05, 3.63) is 28.2 Å². The summed E-state index contributed by atoms with van der Waals surface area (Å²) in [6.45, 7) is 8.63. The first-order valence-corrected chi connectivity index (χ1v) is 9.01. The average Bonchev–Trinajstić information content (AvgIpc) is 2.51. The molecular weight excluding hydrogens is 372 g/mol. The van der Waals surface area contributed by atoms with Gasteiger partial charge in [0.2, 0.25) is 5.91 Å². The molecule has 1 aromatic rings. The highest BCUT2D eigenvalue weighted by atomic mass is 79.9. The van der Waals surface area contributed by atoms with Gasteiger partial charge in [-0.15, -0.1) is 5.06 Å². The van der Waals surface area contributed by atoms with Gasteiger partial charge in [0.05, 0.1) is 11.1 Å². The molecule has 0 atom stereocenters. The van der Waals surface area contributed by atoms with Gasteiger partial charge in [0.25, 0.3) is 0 Å². The van der Waals surface area contributed by atoms with Crippen molar-refractivity contribution in [2.75, 3.05) is 18.4 Å². The van der Waals surface area contributed by atoms with Crippen LogP contribution >= 0.6 is 15.9 Å².